The van der Waals surface area contributed by atoms with E-state index in [0.29, 0.717) is 39.2 Å². The first-order chi connectivity index (χ1) is 54.5. The van der Waals surface area contributed by atoms with Gasteiger partial charge in [0.2, 0.25) is 70.9 Å². The summed E-state index contributed by atoms with van der Waals surface area (Å²) in [4.78, 5) is 211. The van der Waals surface area contributed by atoms with E-state index >= 15 is 4.79 Å². The molecule has 1 aliphatic rings. The topological polar surface area (TPSA) is 577 Å². The molecule has 38 heteroatoms. The Balaban J connectivity index is 1.27. The number of aromatic hydroxyl groups is 2. The van der Waals surface area contributed by atoms with Crippen LogP contribution in [0.1, 0.15) is 120 Å². The van der Waals surface area contributed by atoms with E-state index in [1.807, 2.05) is 24.3 Å². The van der Waals surface area contributed by atoms with Gasteiger partial charge in [0.25, 0.3) is 5.65 Å². The fraction of sp³-hybridized carbons (Fsp3) is 0.455. The highest BCUT2D eigenvalue weighted by molar-refractivity contribution is 7.98. The molecule has 6 aromatic rings. The summed E-state index contributed by atoms with van der Waals surface area (Å²) in [5.41, 5.74) is 8.25. The third-order valence-electron chi connectivity index (χ3n) is 18.6. The number of aliphatic hydroxyl groups is 2. The zero-order chi connectivity index (χ0) is 84.2. The third-order valence-corrected chi connectivity index (χ3v) is 20.7. The van der Waals surface area contributed by atoms with Gasteiger partial charge in [0.15, 0.2) is 0 Å². The maximum atomic E-state index is 15.1. The van der Waals surface area contributed by atoms with Crippen LogP contribution >= 0.6 is 23.5 Å². The minimum atomic E-state index is -1.98. The number of carbonyl (C=O) groups excluding carboxylic acids is 12. The Bertz CT molecular complexity index is 4390. The number of rotatable bonds is 19. The number of phenolic OH excluding ortho intramolecular Hbond substituents is 2. The van der Waals surface area contributed by atoms with Crippen molar-refractivity contribution in [3.8, 4) is 11.5 Å². The predicted octanol–water partition coefficient (Wildman–Crippen LogP) is -0.887. The lowest BCUT2D eigenvalue weighted by molar-refractivity contribution is -0.347. The van der Waals surface area contributed by atoms with Gasteiger partial charge in [-0.2, -0.15) is 23.5 Å². The molecule has 620 valence electrons. The normalized spacial score (nSPS) is 23.3. The lowest BCUT2D eigenvalue weighted by Gasteiger charge is -2.32. The summed E-state index contributed by atoms with van der Waals surface area (Å²) in [7, 11) is 0. The van der Waals surface area contributed by atoms with Crippen molar-refractivity contribution in [2.75, 3.05) is 11.5 Å². The summed E-state index contributed by atoms with van der Waals surface area (Å²) >= 11 is 2.64. The van der Waals surface area contributed by atoms with Crippen molar-refractivity contribution >= 4 is 117 Å². The molecule has 4 heterocycles. The fourth-order valence-electron chi connectivity index (χ4n) is 12.3. The predicted molar refractivity (Wildman–Crippen MR) is 420 cm³/mol. The smallest absolute Gasteiger partial charge is 0.303 e. The maximum Gasteiger partial charge on any atom is 0.303 e. The molecule has 36 nitrogen and oxygen atoms in total. The Hall–Kier alpha value is -11.6. The molecule has 7 rings (SSSR count). The molecule has 0 aliphatic carbocycles. The lowest BCUT2D eigenvalue weighted by atomic mass is 9.85. The second kappa shape index (κ2) is 43.6. The average molecular weight is 1630 g/mol. The number of aromatic nitrogens is 4. The van der Waals surface area contributed by atoms with E-state index in [2.05, 4.69) is 78.4 Å². The fourth-order valence-corrected chi connectivity index (χ4v) is 14.2. The van der Waals surface area contributed by atoms with Crippen LogP contribution in [-0.2, 0) is 104 Å². The standard InChI is InChI=1S/C77H100N16O20S2/c1-7-10-51-69(106)92-63(41(3)95)75(112)90-58(65(78)103)38-115-37-45-12-8-11-44(29-45)36-114-28-26-59(98)91-64(77(4,5)6)76(113)89-55(31-43-16-20-49(97)21-17-43)71(108)87-57(33-47-35-79-39-82-47)73(110)93-62(40(2)94)74(111)88-56(32-46-34-81-66-50(46)13-9-27-80-66)72(109)85-52(22-24-60(99)100)67(104)84-53(23-25-61(101)102)68(105)86-54(70(107)83-51)30-42-14-18-48(96)19-15-42/h8-9,11-21,27,29,34-35,39-41,51-58,62-64,94-97H,7,10,22-26,28,30-33,36-38H2,1-6H3,(H2,78,103)(H,79,82)(H,80,81)(H,83,107)(H,84,104)(H,85,109)(H,86,105)(H,87,108)(H,88,111)(H,89,113)(H,90,112)(H,91,98)(H,92,106)(H,93,110)(H,99,100)(H,101,102)/p+1/t40-,41-,51+,52+,53+,54+,55+,56+,57+,58+,62+,63+,64-/m1/s1. The molecule has 115 heavy (non-hydrogen) atoms. The molecule has 0 fully saturated rings. The largest absolute Gasteiger partial charge is 0.508 e. The lowest BCUT2D eigenvalue weighted by Crippen LogP contribution is -2.63. The number of benzene rings is 3. The number of imidazole rings is 1. The zero-order valence-electron chi connectivity index (χ0n) is 64.2. The van der Waals surface area contributed by atoms with Gasteiger partial charge in [-0.3, -0.25) is 67.1 Å². The van der Waals surface area contributed by atoms with E-state index in [0.717, 1.165) is 18.1 Å². The summed E-state index contributed by atoms with van der Waals surface area (Å²) in [5.74, 6) is -14.7. The number of carboxylic acids is 2. The number of primary amides is 1. The van der Waals surface area contributed by atoms with Gasteiger partial charge < -0.3 is 99.8 Å². The number of fused-ring (bicyclic) bond motifs is 3. The summed E-state index contributed by atoms with van der Waals surface area (Å²) in [6.45, 7) is 9.04. The molecular weight excluding hydrogens is 1530 g/mol. The highest BCUT2D eigenvalue weighted by atomic mass is 32.2. The molecule has 0 saturated heterocycles. The van der Waals surface area contributed by atoms with Crippen molar-refractivity contribution in [2.45, 2.75) is 202 Å². The summed E-state index contributed by atoms with van der Waals surface area (Å²) in [5, 5.41) is 91.2. The van der Waals surface area contributed by atoms with Gasteiger partial charge in [0.05, 0.1) is 36.3 Å². The number of carbonyl (C=O) groups is 14. The number of amides is 12. The molecule has 2 bridgehead atoms. The van der Waals surface area contributed by atoms with E-state index < -0.39 is 205 Å². The van der Waals surface area contributed by atoms with Crippen molar-refractivity contribution in [3.05, 3.63) is 143 Å². The Morgan fingerprint density at radius 1 is 0.539 bits per heavy atom. The van der Waals surface area contributed by atoms with Gasteiger partial charge in [-0.15, -0.1) is 0 Å². The van der Waals surface area contributed by atoms with Crippen LogP contribution in [0.15, 0.2) is 110 Å². The number of carboxylic acid groups (broad SMARTS) is 2. The van der Waals surface area contributed by atoms with Crippen molar-refractivity contribution in [2.24, 2.45) is 11.1 Å². The first kappa shape index (κ1) is 90.6. The van der Waals surface area contributed by atoms with Crippen LogP contribution in [0, 0.1) is 5.41 Å². The van der Waals surface area contributed by atoms with Crippen molar-refractivity contribution in [1.29, 1.82) is 0 Å². The van der Waals surface area contributed by atoms with Crippen molar-refractivity contribution < 1.29 is 103 Å². The Morgan fingerprint density at radius 2 is 0.991 bits per heavy atom. The van der Waals surface area contributed by atoms with Crippen LogP contribution in [0.4, 0.5) is 0 Å². The van der Waals surface area contributed by atoms with Gasteiger partial charge in [-0.05, 0) is 97.2 Å². The number of nitrogens with two attached hydrogens (primary N) is 1. The molecule has 22 N–H and O–H groups in total. The first-order valence-electron chi connectivity index (χ1n) is 37.2. The number of pyridine rings is 1. The highest BCUT2D eigenvalue weighted by Gasteiger charge is 2.40. The number of thioether (sulfide) groups is 2. The molecule has 0 spiro atoms. The SMILES string of the molecule is CCC[C@@H]1NC(=O)[C@H](Cc2ccc(O)cc2)NC(=O)[C@H](CCC(=O)O)NC(=O)[C@H](CCC(=O)O)NC(=O)[C@H](Cc2c[nH]c3[nH+]cccc23)NC(=O)[C@H]([C@@H](C)O)NC(=O)[C@H](Cc2cnc[nH]2)NC(=O)[C@H](Cc2ccc(O)cc2)NC(=O)[C@H](C(C)(C)C)NC(=O)CCSCc2cccc(c2)CSC[C@@H](C(N)=O)NC(=O)[C@H]([C@@H](C)O)NC1=O. The zero-order valence-corrected chi connectivity index (χ0v) is 65.9. The average Bonchev–Trinajstić information content (AvgIpc) is 1.81. The maximum absolute atomic E-state index is 15.1. The van der Waals surface area contributed by atoms with Gasteiger partial charge in [-0.1, -0.05) is 82.6 Å². The number of H-pyrrole nitrogens is 3. The first-order valence-corrected chi connectivity index (χ1v) is 39.5. The number of hydrogen-bond donors (Lipinski definition) is 20. The van der Waals surface area contributed by atoms with Crippen LogP contribution in [0.2, 0.25) is 0 Å². The highest BCUT2D eigenvalue weighted by Crippen LogP contribution is 2.24. The van der Waals surface area contributed by atoms with Crippen LogP contribution < -0.4 is 69.2 Å². The van der Waals surface area contributed by atoms with Crippen LogP contribution in [0.25, 0.3) is 11.0 Å². The molecule has 1 aliphatic heterocycles. The van der Waals surface area contributed by atoms with E-state index in [4.69, 9.17) is 5.73 Å². The quantitative estimate of drug-likeness (QED) is 0.0468. The molecule has 0 radical (unpaired) electrons. The minimum absolute atomic E-state index is 0.0584. The van der Waals surface area contributed by atoms with Gasteiger partial charge in [0.1, 0.15) is 78.0 Å². The number of hydrogen-bond acceptors (Lipinski definition) is 21. The van der Waals surface area contributed by atoms with E-state index in [9.17, 15) is 93.0 Å². The van der Waals surface area contributed by atoms with E-state index in [1.165, 1.54) is 97.7 Å². The second-order valence-corrected chi connectivity index (χ2v) is 31.1. The van der Waals surface area contributed by atoms with E-state index in [1.54, 1.807) is 46.0 Å². The van der Waals surface area contributed by atoms with Gasteiger partial charge >= 0.3 is 11.9 Å². The summed E-state index contributed by atoms with van der Waals surface area (Å²) in [6.07, 6.45) is -2.25. The molecular formula is C77H101N16O20S2+. The molecule has 13 atom stereocenters. The van der Waals surface area contributed by atoms with Crippen molar-refractivity contribution in [1.82, 2.24) is 73.4 Å². The molecule has 3 aromatic carbocycles. The van der Waals surface area contributed by atoms with Crippen LogP contribution in [0.5, 0.6) is 11.5 Å². The third kappa shape index (κ3) is 28.8. The Kier molecular flexibility index (Phi) is 34.3. The Labute approximate surface area is 670 Å². The van der Waals surface area contributed by atoms with Crippen molar-refractivity contribution in [3.63, 3.8) is 0 Å². The summed E-state index contributed by atoms with van der Waals surface area (Å²) < 4.78 is 0. The summed E-state index contributed by atoms with van der Waals surface area (Å²) in [6, 6.07) is 3.26. The number of aromatic amines is 3. The molecule has 3 aromatic heterocycles. The monoisotopic (exact) mass is 1630 g/mol. The van der Waals surface area contributed by atoms with E-state index in [-0.39, 0.29) is 60.8 Å². The Morgan fingerprint density at radius 3 is 1.48 bits per heavy atom. The molecule has 0 unspecified atom stereocenters. The number of nitrogens with one attached hydrogen (secondary N) is 14. The van der Waals surface area contributed by atoms with Crippen LogP contribution in [0.3, 0.4) is 0 Å². The minimum Gasteiger partial charge on any atom is -0.508 e. The second-order valence-electron chi connectivity index (χ2n) is 29.0. The van der Waals surface area contributed by atoms with Gasteiger partial charge in [0, 0.05) is 85.4 Å². The van der Waals surface area contributed by atoms with Gasteiger partial charge in [-0.25, -0.2) is 15.0 Å². The molecule has 12 amide bonds. The number of phenols is 2. The number of nitrogens with zero attached hydrogens (tertiary/aromatic N) is 1. The number of aliphatic carboxylic acids is 2. The van der Waals surface area contributed by atoms with Crippen LogP contribution in [-0.4, -0.2) is 219 Å². The number of aliphatic hydroxyl groups excluding tert-OH is 2. The molecule has 0 saturated carbocycles.